The number of aromatic nitrogens is 2. The monoisotopic (exact) mass is 541 g/mol. The van der Waals surface area contributed by atoms with Crippen molar-refractivity contribution in [3.8, 4) is 17.0 Å². The second-order valence-electron chi connectivity index (χ2n) is 10.1. The number of halogens is 1. The minimum absolute atomic E-state index is 0.0633. The second-order valence-corrected chi connectivity index (χ2v) is 10.1. The normalized spacial score (nSPS) is 13.7. The number of carbonyl (C=O) groups is 1. The molecular weight excluding hydrogens is 509 g/mol. The standard InChI is InChI=1S/C27H32FN5O6/c1-17-24(33(35)36)25(32(30-17)16-18-6-8-20(37-5)9-7-18)21-14-19(31-10-12-38-13-11-31)15-22(28)23(21)29-26(34)39-27(2,3)4/h6-9,14-15H,10-13,16H2,1-5H3,(H,29,34). The molecule has 39 heavy (non-hydrogen) atoms. The number of aryl methyl sites for hydroxylation is 1. The summed E-state index contributed by atoms with van der Waals surface area (Å²) in [5.41, 5.74) is 0.272. The van der Waals surface area contributed by atoms with E-state index in [1.165, 1.54) is 17.7 Å². The van der Waals surface area contributed by atoms with Crippen molar-refractivity contribution in [1.82, 2.24) is 9.78 Å². The predicted octanol–water partition coefficient (Wildman–Crippen LogP) is 5.15. The highest BCUT2D eigenvalue weighted by Crippen LogP contribution is 2.41. The first kappa shape index (κ1) is 27.8. The number of hydrogen-bond acceptors (Lipinski definition) is 8. The van der Waals surface area contributed by atoms with Crippen LogP contribution in [0.3, 0.4) is 0 Å². The molecule has 1 aliphatic heterocycles. The van der Waals surface area contributed by atoms with Gasteiger partial charge in [-0.05, 0) is 57.5 Å². The average Bonchev–Trinajstić information content (AvgIpc) is 3.20. The zero-order valence-electron chi connectivity index (χ0n) is 22.6. The van der Waals surface area contributed by atoms with Gasteiger partial charge in [-0.3, -0.25) is 20.1 Å². The van der Waals surface area contributed by atoms with Crippen LogP contribution in [0.15, 0.2) is 36.4 Å². The van der Waals surface area contributed by atoms with Crippen LogP contribution in [0.4, 0.5) is 26.2 Å². The Hall–Kier alpha value is -4.19. The van der Waals surface area contributed by atoms with E-state index in [-0.39, 0.29) is 34.9 Å². The molecule has 0 saturated carbocycles. The van der Waals surface area contributed by atoms with Crippen LogP contribution in [-0.2, 0) is 16.0 Å². The van der Waals surface area contributed by atoms with Crippen LogP contribution in [0.25, 0.3) is 11.3 Å². The van der Waals surface area contributed by atoms with Gasteiger partial charge in [-0.1, -0.05) is 12.1 Å². The number of ether oxygens (including phenoxy) is 3. The van der Waals surface area contributed by atoms with Gasteiger partial charge in [0.2, 0.25) is 0 Å². The second kappa shape index (κ2) is 11.3. The molecule has 208 valence electrons. The molecular formula is C27H32FN5O6. The number of morpholine rings is 1. The van der Waals surface area contributed by atoms with E-state index in [0.29, 0.717) is 37.7 Å². The Labute approximate surface area is 225 Å². The average molecular weight is 542 g/mol. The van der Waals surface area contributed by atoms with Gasteiger partial charge in [0.05, 0.1) is 37.5 Å². The molecule has 12 heteroatoms. The molecule has 0 radical (unpaired) electrons. The molecule has 1 fully saturated rings. The summed E-state index contributed by atoms with van der Waals surface area (Å²) in [7, 11) is 1.56. The number of carbonyl (C=O) groups excluding carboxylic acids is 1. The van der Waals surface area contributed by atoms with E-state index in [9.17, 15) is 14.9 Å². The van der Waals surface area contributed by atoms with Gasteiger partial charge in [0.25, 0.3) is 0 Å². The minimum Gasteiger partial charge on any atom is -0.497 e. The summed E-state index contributed by atoms with van der Waals surface area (Å²) in [6.07, 6.45) is -0.887. The highest BCUT2D eigenvalue weighted by atomic mass is 19.1. The molecule has 3 aromatic rings. The summed E-state index contributed by atoms with van der Waals surface area (Å²) < 4.78 is 33.2. The Kier molecular flexibility index (Phi) is 8.05. The molecule has 2 heterocycles. The van der Waals surface area contributed by atoms with E-state index in [4.69, 9.17) is 14.2 Å². The van der Waals surface area contributed by atoms with E-state index >= 15 is 4.39 Å². The number of benzene rings is 2. The zero-order chi connectivity index (χ0) is 28.3. The number of hydrogen-bond donors (Lipinski definition) is 1. The number of amides is 1. The number of methoxy groups -OCH3 is 1. The van der Waals surface area contributed by atoms with Crippen molar-refractivity contribution < 1.29 is 28.3 Å². The van der Waals surface area contributed by atoms with E-state index < -0.39 is 22.4 Å². The molecule has 0 aliphatic carbocycles. The third kappa shape index (κ3) is 6.45. The molecule has 0 unspecified atom stereocenters. The van der Waals surface area contributed by atoms with Crippen LogP contribution in [0.2, 0.25) is 0 Å². The van der Waals surface area contributed by atoms with Crippen molar-refractivity contribution in [2.24, 2.45) is 0 Å². The molecule has 1 amide bonds. The largest absolute Gasteiger partial charge is 0.497 e. The fourth-order valence-corrected chi connectivity index (χ4v) is 4.39. The SMILES string of the molecule is COc1ccc(Cn2nc(C)c([N+](=O)[O-])c2-c2cc(N3CCOCC3)cc(F)c2NC(=O)OC(C)(C)C)cc1. The first-order valence-electron chi connectivity index (χ1n) is 12.5. The minimum atomic E-state index is -0.887. The van der Waals surface area contributed by atoms with Gasteiger partial charge in [0.1, 0.15) is 28.6 Å². The highest BCUT2D eigenvalue weighted by molar-refractivity contribution is 5.94. The van der Waals surface area contributed by atoms with Gasteiger partial charge >= 0.3 is 11.8 Å². The summed E-state index contributed by atoms with van der Waals surface area (Å²) >= 11 is 0. The van der Waals surface area contributed by atoms with Gasteiger partial charge in [-0.25, -0.2) is 9.18 Å². The molecule has 4 rings (SSSR count). The lowest BCUT2D eigenvalue weighted by Crippen LogP contribution is -2.36. The molecule has 1 N–H and O–H groups in total. The maximum Gasteiger partial charge on any atom is 0.412 e. The number of nitrogens with zero attached hydrogens (tertiary/aromatic N) is 4. The van der Waals surface area contributed by atoms with Crippen LogP contribution >= 0.6 is 0 Å². The van der Waals surface area contributed by atoms with Crippen LogP contribution < -0.4 is 15.0 Å². The van der Waals surface area contributed by atoms with E-state index in [1.807, 2.05) is 17.0 Å². The smallest absolute Gasteiger partial charge is 0.412 e. The Morgan fingerprint density at radius 2 is 1.87 bits per heavy atom. The fourth-order valence-electron chi connectivity index (χ4n) is 4.39. The summed E-state index contributed by atoms with van der Waals surface area (Å²) in [6.45, 7) is 8.69. The van der Waals surface area contributed by atoms with Gasteiger partial charge in [0.15, 0.2) is 0 Å². The van der Waals surface area contributed by atoms with Crippen LogP contribution in [0, 0.1) is 22.9 Å². The first-order valence-corrected chi connectivity index (χ1v) is 12.5. The highest BCUT2D eigenvalue weighted by Gasteiger charge is 2.31. The molecule has 1 aromatic heterocycles. The lowest BCUT2D eigenvalue weighted by Gasteiger charge is -2.30. The third-order valence-corrected chi connectivity index (χ3v) is 6.10. The molecule has 0 atom stereocenters. The predicted molar refractivity (Wildman–Crippen MR) is 144 cm³/mol. The number of rotatable bonds is 7. The molecule has 0 spiro atoms. The van der Waals surface area contributed by atoms with Crippen LogP contribution in [0.1, 0.15) is 32.0 Å². The number of nitrogens with one attached hydrogen (secondary N) is 1. The Bertz CT molecular complexity index is 1360. The topological polar surface area (TPSA) is 121 Å². The van der Waals surface area contributed by atoms with Crippen molar-refractivity contribution in [3.63, 3.8) is 0 Å². The number of anilines is 2. The molecule has 11 nitrogen and oxygen atoms in total. The van der Waals surface area contributed by atoms with E-state index in [0.717, 1.165) is 5.56 Å². The molecule has 1 aliphatic rings. The molecule has 2 aromatic carbocycles. The van der Waals surface area contributed by atoms with E-state index in [2.05, 4.69) is 10.4 Å². The van der Waals surface area contributed by atoms with E-state index in [1.54, 1.807) is 46.1 Å². The first-order chi connectivity index (χ1) is 18.5. The lowest BCUT2D eigenvalue weighted by atomic mass is 10.0. The third-order valence-electron chi connectivity index (χ3n) is 6.10. The Morgan fingerprint density at radius 3 is 2.46 bits per heavy atom. The summed E-state index contributed by atoms with van der Waals surface area (Å²) in [5, 5.41) is 19.2. The van der Waals surface area contributed by atoms with Gasteiger partial charge < -0.3 is 19.1 Å². The van der Waals surface area contributed by atoms with Gasteiger partial charge in [0, 0.05) is 24.3 Å². The molecule has 1 saturated heterocycles. The maximum absolute atomic E-state index is 15.8. The van der Waals surface area contributed by atoms with Gasteiger partial charge in [-0.15, -0.1) is 0 Å². The van der Waals surface area contributed by atoms with Crippen LogP contribution in [0.5, 0.6) is 5.75 Å². The zero-order valence-corrected chi connectivity index (χ0v) is 22.6. The van der Waals surface area contributed by atoms with Crippen molar-refractivity contribution in [1.29, 1.82) is 0 Å². The Morgan fingerprint density at radius 1 is 1.21 bits per heavy atom. The van der Waals surface area contributed by atoms with Crippen molar-refractivity contribution >= 4 is 23.2 Å². The van der Waals surface area contributed by atoms with Gasteiger partial charge in [-0.2, -0.15) is 5.10 Å². The summed E-state index contributed by atoms with van der Waals surface area (Å²) in [5.74, 6) is -0.102. The fraction of sp³-hybridized carbons (Fsp3) is 0.407. The number of nitro groups is 1. The maximum atomic E-state index is 15.8. The molecule has 0 bridgehead atoms. The van der Waals surface area contributed by atoms with Crippen molar-refractivity contribution in [2.75, 3.05) is 43.6 Å². The quantitative estimate of drug-likeness (QED) is 0.322. The van der Waals surface area contributed by atoms with Crippen LogP contribution in [-0.4, -0.2) is 59.8 Å². The Balaban J connectivity index is 1.89. The van der Waals surface area contributed by atoms with Crippen molar-refractivity contribution in [3.05, 3.63) is 63.6 Å². The summed E-state index contributed by atoms with van der Waals surface area (Å²) in [6, 6.07) is 10.1. The lowest BCUT2D eigenvalue weighted by molar-refractivity contribution is -0.384. The van der Waals surface area contributed by atoms with Crippen molar-refractivity contribution in [2.45, 2.75) is 39.8 Å². The summed E-state index contributed by atoms with van der Waals surface area (Å²) in [4.78, 5) is 26.4.